The first-order valence-corrected chi connectivity index (χ1v) is 5.62. The van der Waals surface area contributed by atoms with Crippen molar-refractivity contribution >= 4 is 5.91 Å². The predicted molar refractivity (Wildman–Crippen MR) is 64.0 cm³/mol. The van der Waals surface area contributed by atoms with Crippen molar-refractivity contribution in [1.29, 1.82) is 0 Å². The third-order valence-electron chi connectivity index (χ3n) is 2.15. The summed E-state index contributed by atoms with van der Waals surface area (Å²) in [6.07, 6.45) is 0.514. The zero-order valence-corrected chi connectivity index (χ0v) is 9.92. The van der Waals surface area contributed by atoms with Gasteiger partial charge in [-0.2, -0.15) is 0 Å². The Hall–Kier alpha value is -1.42. The number of hydrogen-bond acceptors (Lipinski definition) is 3. The largest absolute Gasteiger partial charge is 0.356 e. The molecule has 0 atom stereocenters. The predicted octanol–water partition coefficient (Wildman–Crippen LogP) is 1.01. The third-order valence-corrected chi connectivity index (χ3v) is 2.15. The van der Waals surface area contributed by atoms with Gasteiger partial charge in [0.15, 0.2) is 0 Å². The van der Waals surface area contributed by atoms with Gasteiger partial charge >= 0.3 is 0 Å². The first kappa shape index (κ1) is 12.6. The lowest BCUT2D eigenvalue weighted by atomic mass is 10.3. The average molecular weight is 221 g/mol. The maximum Gasteiger partial charge on any atom is 0.221 e. The Balaban J connectivity index is 2.18. The molecule has 0 radical (unpaired) electrons. The van der Waals surface area contributed by atoms with Gasteiger partial charge in [0.25, 0.3) is 0 Å². The van der Waals surface area contributed by atoms with Crippen LogP contribution < -0.4 is 10.6 Å². The Bertz CT molecular complexity index is 339. The van der Waals surface area contributed by atoms with Gasteiger partial charge in [0.1, 0.15) is 0 Å². The molecule has 2 N–H and O–H groups in total. The molecule has 0 aliphatic carbocycles. The van der Waals surface area contributed by atoms with Gasteiger partial charge in [0.05, 0.1) is 5.69 Å². The number of carbonyl (C=O) groups excluding carboxylic acids is 1. The Labute approximate surface area is 96.5 Å². The van der Waals surface area contributed by atoms with E-state index in [1.54, 1.807) is 0 Å². The summed E-state index contributed by atoms with van der Waals surface area (Å²) in [5, 5.41) is 5.95. The Morgan fingerprint density at radius 1 is 1.44 bits per heavy atom. The molecule has 1 heterocycles. The minimum atomic E-state index is 0.0900. The summed E-state index contributed by atoms with van der Waals surface area (Å²) in [4.78, 5) is 15.5. The van der Waals surface area contributed by atoms with Crippen molar-refractivity contribution in [2.24, 2.45) is 0 Å². The third kappa shape index (κ3) is 4.89. The van der Waals surface area contributed by atoms with Crippen LogP contribution in [0, 0.1) is 6.92 Å². The molecule has 0 spiro atoms. The molecule has 88 valence electrons. The summed E-state index contributed by atoms with van der Waals surface area (Å²) >= 11 is 0. The highest BCUT2D eigenvalue weighted by Gasteiger charge is 1.99. The molecular formula is C12H19N3O. The van der Waals surface area contributed by atoms with Gasteiger partial charge in [-0.05, 0) is 26.0 Å². The van der Waals surface area contributed by atoms with Crippen molar-refractivity contribution < 1.29 is 4.79 Å². The van der Waals surface area contributed by atoms with E-state index in [1.807, 2.05) is 32.0 Å². The zero-order chi connectivity index (χ0) is 11.8. The summed E-state index contributed by atoms with van der Waals surface area (Å²) in [6.45, 7) is 5.97. The Morgan fingerprint density at radius 2 is 2.25 bits per heavy atom. The van der Waals surface area contributed by atoms with Gasteiger partial charge in [-0.3, -0.25) is 9.78 Å². The van der Waals surface area contributed by atoms with Crippen molar-refractivity contribution in [3.8, 4) is 0 Å². The highest BCUT2D eigenvalue weighted by Crippen LogP contribution is 1.97. The van der Waals surface area contributed by atoms with E-state index in [2.05, 4.69) is 15.6 Å². The van der Waals surface area contributed by atoms with Crippen LogP contribution in [0.4, 0.5) is 0 Å². The van der Waals surface area contributed by atoms with Crippen LogP contribution in [0.2, 0.25) is 0 Å². The fraction of sp³-hybridized carbons (Fsp3) is 0.500. The first-order chi connectivity index (χ1) is 7.72. The summed E-state index contributed by atoms with van der Waals surface area (Å²) in [5.74, 6) is 0.0900. The van der Waals surface area contributed by atoms with Gasteiger partial charge in [0.2, 0.25) is 5.91 Å². The maximum atomic E-state index is 11.1. The monoisotopic (exact) mass is 221 g/mol. The molecule has 1 aromatic rings. The summed E-state index contributed by atoms with van der Waals surface area (Å²) in [7, 11) is 0. The molecule has 0 aliphatic rings. The van der Waals surface area contributed by atoms with Crippen LogP contribution in [0.3, 0.4) is 0 Å². The molecule has 0 bridgehead atoms. The minimum absolute atomic E-state index is 0.0900. The van der Waals surface area contributed by atoms with E-state index in [9.17, 15) is 4.79 Å². The van der Waals surface area contributed by atoms with Crippen molar-refractivity contribution in [1.82, 2.24) is 15.6 Å². The lowest BCUT2D eigenvalue weighted by Crippen LogP contribution is -2.27. The molecule has 1 amide bonds. The number of hydrogen-bond donors (Lipinski definition) is 2. The van der Waals surface area contributed by atoms with Crippen LogP contribution in [0.25, 0.3) is 0 Å². The number of rotatable bonds is 6. The fourth-order valence-corrected chi connectivity index (χ4v) is 1.40. The standard InChI is InChI=1S/C12H19N3O/c1-3-14-12(16)7-8-13-9-11-6-4-5-10(2)15-11/h4-6,13H,3,7-9H2,1-2H3,(H,14,16). The van der Waals surface area contributed by atoms with Gasteiger partial charge < -0.3 is 10.6 Å². The fourth-order valence-electron chi connectivity index (χ4n) is 1.40. The number of nitrogens with one attached hydrogen (secondary N) is 2. The lowest BCUT2D eigenvalue weighted by Gasteiger charge is -2.05. The number of nitrogens with zero attached hydrogens (tertiary/aromatic N) is 1. The number of aryl methyl sites for hydroxylation is 1. The Kier molecular flexibility index (Phi) is 5.50. The smallest absolute Gasteiger partial charge is 0.221 e. The molecule has 0 saturated heterocycles. The molecule has 0 unspecified atom stereocenters. The molecule has 1 rings (SSSR count). The van der Waals surface area contributed by atoms with Crippen molar-refractivity contribution in [2.75, 3.05) is 13.1 Å². The summed E-state index contributed by atoms with van der Waals surface area (Å²) in [5.41, 5.74) is 2.03. The van der Waals surface area contributed by atoms with Crippen molar-refractivity contribution in [3.05, 3.63) is 29.6 Å². The average Bonchev–Trinajstić information content (AvgIpc) is 2.25. The Morgan fingerprint density at radius 3 is 2.94 bits per heavy atom. The van der Waals surface area contributed by atoms with E-state index in [0.717, 1.165) is 11.4 Å². The van der Waals surface area contributed by atoms with Gasteiger partial charge in [-0.25, -0.2) is 0 Å². The van der Waals surface area contributed by atoms with E-state index in [4.69, 9.17) is 0 Å². The second-order valence-corrected chi connectivity index (χ2v) is 3.65. The molecule has 0 fully saturated rings. The molecule has 0 saturated carbocycles. The van der Waals surface area contributed by atoms with Gasteiger partial charge in [-0.15, -0.1) is 0 Å². The van der Waals surface area contributed by atoms with Crippen LogP contribution in [0.1, 0.15) is 24.7 Å². The number of carbonyl (C=O) groups is 1. The first-order valence-electron chi connectivity index (χ1n) is 5.62. The number of aromatic nitrogens is 1. The molecule has 4 nitrogen and oxygen atoms in total. The van der Waals surface area contributed by atoms with Crippen LogP contribution >= 0.6 is 0 Å². The van der Waals surface area contributed by atoms with E-state index in [1.165, 1.54) is 0 Å². The lowest BCUT2D eigenvalue weighted by molar-refractivity contribution is -0.120. The van der Waals surface area contributed by atoms with Gasteiger partial charge in [-0.1, -0.05) is 6.07 Å². The summed E-state index contributed by atoms with van der Waals surface area (Å²) < 4.78 is 0. The molecular weight excluding hydrogens is 202 g/mol. The molecule has 4 heteroatoms. The normalized spacial score (nSPS) is 10.1. The minimum Gasteiger partial charge on any atom is -0.356 e. The van der Waals surface area contributed by atoms with Crippen LogP contribution in [0.15, 0.2) is 18.2 Å². The van der Waals surface area contributed by atoms with Crippen LogP contribution in [-0.4, -0.2) is 24.0 Å². The van der Waals surface area contributed by atoms with E-state index in [0.29, 0.717) is 26.1 Å². The van der Waals surface area contributed by atoms with Crippen molar-refractivity contribution in [3.63, 3.8) is 0 Å². The zero-order valence-electron chi connectivity index (χ0n) is 9.92. The van der Waals surface area contributed by atoms with Gasteiger partial charge in [0, 0.05) is 31.7 Å². The highest BCUT2D eigenvalue weighted by atomic mass is 16.1. The molecule has 1 aromatic heterocycles. The highest BCUT2D eigenvalue weighted by molar-refractivity contribution is 5.75. The topological polar surface area (TPSA) is 54.0 Å². The molecule has 16 heavy (non-hydrogen) atoms. The number of pyridine rings is 1. The van der Waals surface area contributed by atoms with Crippen molar-refractivity contribution in [2.45, 2.75) is 26.8 Å². The number of amides is 1. The van der Waals surface area contributed by atoms with Crippen LogP contribution in [0.5, 0.6) is 0 Å². The van der Waals surface area contributed by atoms with Crippen LogP contribution in [-0.2, 0) is 11.3 Å². The molecule has 0 aliphatic heterocycles. The van der Waals surface area contributed by atoms with E-state index < -0.39 is 0 Å². The van der Waals surface area contributed by atoms with E-state index >= 15 is 0 Å². The second kappa shape index (κ2) is 6.95. The summed E-state index contributed by atoms with van der Waals surface area (Å²) in [6, 6.07) is 5.94. The van der Waals surface area contributed by atoms with E-state index in [-0.39, 0.29) is 5.91 Å². The second-order valence-electron chi connectivity index (χ2n) is 3.65. The maximum absolute atomic E-state index is 11.1. The molecule has 0 aromatic carbocycles. The quantitative estimate of drug-likeness (QED) is 0.705. The SMILES string of the molecule is CCNC(=O)CCNCc1cccc(C)n1.